The van der Waals surface area contributed by atoms with Gasteiger partial charge in [-0.3, -0.25) is 10.1 Å². The molecule has 0 amide bonds. The summed E-state index contributed by atoms with van der Waals surface area (Å²) < 4.78 is 14.8. The van der Waals surface area contributed by atoms with Crippen LogP contribution in [0.15, 0.2) is 24.4 Å². The van der Waals surface area contributed by atoms with E-state index in [1.54, 1.807) is 17.1 Å². The summed E-state index contributed by atoms with van der Waals surface area (Å²) >= 11 is 0. The van der Waals surface area contributed by atoms with Crippen LogP contribution in [0.1, 0.15) is 19.4 Å². The summed E-state index contributed by atoms with van der Waals surface area (Å²) in [7, 11) is 2.01. The number of anilines is 3. The fraction of sp³-hybridized carbons (Fsp3) is 0.421. The van der Waals surface area contributed by atoms with Gasteiger partial charge in [0.05, 0.1) is 10.6 Å². The molecule has 1 N–H and O–H groups in total. The van der Waals surface area contributed by atoms with Crippen molar-refractivity contribution in [3.63, 3.8) is 0 Å². The summed E-state index contributed by atoms with van der Waals surface area (Å²) in [6.07, 6.45) is 1.14. The van der Waals surface area contributed by atoms with E-state index < -0.39 is 10.7 Å². The molecular weight excluding hydrogens is 377 g/mol. The van der Waals surface area contributed by atoms with E-state index in [1.165, 1.54) is 6.07 Å². The summed E-state index contributed by atoms with van der Waals surface area (Å²) in [5, 5.41) is 17.8. The Morgan fingerprint density at radius 2 is 2.00 bits per heavy atom. The molecule has 2 heterocycles. The van der Waals surface area contributed by atoms with Gasteiger partial charge in [0.15, 0.2) is 0 Å². The molecule has 1 aliphatic heterocycles. The first-order valence-electron chi connectivity index (χ1n) is 9.32. The quantitative estimate of drug-likeness (QED) is 0.584. The lowest BCUT2D eigenvalue weighted by Gasteiger charge is -2.40. The van der Waals surface area contributed by atoms with E-state index in [0.717, 1.165) is 19.3 Å². The zero-order valence-electron chi connectivity index (χ0n) is 16.7. The van der Waals surface area contributed by atoms with Crippen molar-refractivity contribution in [3.8, 4) is 0 Å². The van der Waals surface area contributed by atoms with Crippen molar-refractivity contribution in [3.05, 3.63) is 52.8 Å². The van der Waals surface area contributed by atoms with Gasteiger partial charge >= 0.3 is 5.69 Å². The number of nitro groups is 1. The molecule has 154 valence electrons. The number of benzene rings is 1. The van der Waals surface area contributed by atoms with Crippen LogP contribution < -0.4 is 10.3 Å². The van der Waals surface area contributed by atoms with Crippen LogP contribution in [0.4, 0.5) is 27.5 Å². The van der Waals surface area contributed by atoms with E-state index in [4.69, 9.17) is 6.92 Å². The molecule has 10 heteroatoms. The van der Waals surface area contributed by atoms with Crippen LogP contribution in [0.3, 0.4) is 0 Å². The van der Waals surface area contributed by atoms with Gasteiger partial charge in [-0.1, -0.05) is 6.07 Å². The minimum Gasteiger partial charge on any atom is -0.362 e. The summed E-state index contributed by atoms with van der Waals surface area (Å²) in [5.41, 5.74) is 0.294. The molecule has 1 aromatic carbocycles. The lowest BCUT2D eigenvalue weighted by molar-refractivity contribution is -0.384. The molecule has 29 heavy (non-hydrogen) atoms. The lowest BCUT2D eigenvalue weighted by Crippen LogP contribution is -2.52. The largest absolute Gasteiger partial charge is 0.362 e. The highest BCUT2D eigenvalue weighted by Gasteiger charge is 2.28. The number of aromatic nitrogens is 2. The monoisotopic (exact) mass is 401 g/mol. The molecule has 0 aliphatic carbocycles. The SMILES string of the molecule is [CH]c1ccc(N(c2ncc([N+](=O)[O-])c(NC(C)C)n2)N2CCN(C)CC2)c(F)c1. The molecule has 2 radical (unpaired) electrons. The maximum Gasteiger partial charge on any atom is 0.329 e. The Morgan fingerprint density at radius 1 is 1.31 bits per heavy atom. The van der Waals surface area contributed by atoms with Crippen molar-refractivity contribution in [2.75, 3.05) is 43.6 Å². The molecule has 9 nitrogen and oxygen atoms in total. The molecule has 0 saturated carbocycles. The van der Waals surface area contributed by atoms with E-state index in [-0.39, 0.29) is 29.2 Å². The van der Waals surface area contributed by atoms with Crippen molar-refractivity contribution in [1.29, 1.82) is 0 Å². The van der Waals surface area contributed by atoms with E-state index in [9.17, 15) is 14.5 Å². The number of halogens is 1. The Labute approximate surface area is 169 Å². The standard InChI is InChI=1S/C19H24FN7O2/c1-13(2)22-18-17(27(28)29)12-21-19(23-18)26(25-9-7-24(4)8-10-25)16-6-5-14(3)11-15(16)20/h3,5-6,11-13H,7-10H2,1-2,4H3,(H,21,22,23). The Bertz CT molecular complexity index is 885. The molecule has 1 aliphatic rings. The van der Waals surface area contributed by atoms with E-state index >= 15 is 0 Å². The second-order valence-corrected chi connectivity index (χ2v) is 7.24. The summed E-state index contributed by atoms with van der Waals surface area (Å²) in [5.74, 6) is -0.291. The average Bonchev–Trinajstić information content (AvgIpc) is 2.64. The van der Waals surface area contributed by atoms with Gasteiger partial charge in [-0.25, -0.2) is 19.4 Å². The summed E-state index contributed by atoms with van der Waals surface area (Å²) in [6.45, 7) is 12.2. The first kappa shape index (κ1) is 20.9. The smallest absolute Gasteiger partial charge is 0.329 e. The second kappa shape index (κ2) is 8.66. The third kappa shape index (κ3) is 4.77. The highest BCUT2D eigenvalue weighted by molar-refractivity contribution is 5.63. The topological polar surface area (TPSA) is 90.7 Å². The fourth-order valence-corrected chi connectivity index (χ4v) is 3.06. The number of piperazine rings is 1. The normalized spacial score (nSPS) is 15.5. The number of hydrogen-bond acceptors (Lipinski definition) is 8. The minimum absolute atomic E-state index is 0.0817. The molecular formula is C19H24FN7O2. The van der Waals surface area contributed by atoms with Crippen LogP contribution in [0, 0.1) is 22.9 Å². The van der Waals surface area contributed by atoms with E-state index in [2.05, 4.69) is 20.2 Å². The zero-order valence-corrected chi connectivity index (χ0v) is 16.7. The van der Waals surface area contributed by atoms with Gasteiger partial charge in [0, 0.05) is 32.2 Å². The van der Waals surface area contributed by atoms with Crippen LogP contribution in [0.2, 0.25) is 0 Å². The maximum absolute atomic E-state index is 14.8. The molecule has 2 aromatic rings. The highest BCUT2D eigenvalue weighted by Crippen LogP contribution is 2.31. The first-order valence-corrected chi connectivity index (χ1v) is 9.32. The molecule has 0 spiro atoms. The maximum atomic E-state index is 14.8. The Balaban J connectivity index is 2.09. The van der Waals surface area contributed by atoms with Gasteiger partial charge in [0.25, 0.3) is 0 Å². The van der Waals surface area contributed by atoms with Gasteiger partial charge in [0.2, 0.25) is 11.8 Å². The first-order chi connectivity index (χ1) is 13.8. The van der Waals surface area contributed by atoms with Gasteiger partial charge in [0.1, 0.15) is 12.0 Å². The minimum atomic E-state index is -0.543. The van der Waals surface area contributed by atoms with E-state index in [1.807, 2.05) is 25.9 Å². The molecule has 0 atom stereocenters. The second-order valence-electron chi connectivity index (χ2n) is 7.24. The lowest BCUT2D eigenvalue weighted by atomic mass is 10.2. The zero-order chi connectivity index (χ0) is 21.1. The Kier molecular flexibility index (Phi) is 6.23. The molecule has 1 saturated heterocycles. The summed E-state index contributed by atoms with van der Waals surface area (Å²) in [4.78, 5) is 21.5. The van der Waals surface area contributed by atoms with Crippen LogP contribution in [-0.2, 0) is 0 Å². The predicted molar refractivity (Wildman–Crippen MR) is 108 cm³/mol. The molecule has 0 bridgehead atoms. The fourth-order valence-electron chi connectivity index (χ4n) is 3.06. The molecule has 3 rings (SSSR count). The molecule has 0 unspecified atom stereocenters. The third-order valence-electron chi connectivity index (χ3n) is 4.53. The van der Waals surface area contributed by atoms with Gasteiger partial charge in [-0.2, -0.15) is 4.98 Å². The number of nitrogens with one attached hydrogen (secondary N) is 1. The Hall–Kier alpha value is -2.85. The predicted octanol–water partition coefficient (Wildman–Crippen LogP) is 2.70. The number of hydrogen-bond donors (Lipinski definition) is 1. The van der Waals surface area contributed by atoms with Crippen molar-refractivity contribution in [2.24, 2.45) is 0 Å². The van der Waals surface area contributed by atoms with Crippen LogP contribution in [0.25, 0.3) is 0 Å². The van der Waals surface area contributed by atoms with Crippen molar-refractivity contribution in [1.82, 2.24) is 19.9 Å². The highest BCUT2D eigenvalue weighted by atomic mass is 19.1. The van der Waals surface area contributed by atoms with Crippen molar-refractivity contribution >= 4 is 23.1 Å². The number of nitrogens with zero attached hydrogens (tertiary/aromatic N) is 6. The van der Waals surface area contributed by atoms with Crippen molar-refractivity contribution in [2.45, 2.75) is 19.9 Å². The van der Waals surface area contributed by atoms with Gasteiger partial charge < -0.3 is 10.2 Å². The molecule has 1 aromatic heterocycles. The van der Waals surface area contributed by atoms with Gasteiger partial charge in [-0.15, -0.1) is 0 Å². The van der Waals surface area contributed by atoms with Crippen molar-refractivity contribution < 1.29 is 9.31 Å². The van der Waals surface area contributed by atoms with Crippen LogP contribution >= 0.6 is 0 Å². The number of rotatable bonds is 6. The number of likely N-dealkylation sites (N-methyl/N-ethyl adjacent to an activating group) is 1. The van der Waals surface area contributed by atoms with Gasteiger partial charge in [-0.05, 0) is 45.5 Å². The summed E-state index contributed by atoms with van der Waals surface area (Å²) in [6, 6.07) is 4.31. The third-order valence-corrected chi connectivity index (χ3v) is 4.53. The van der Waals surface area contributed by atoms with Crippen LogP contribution in [0.5, 0.6) is 0 Å². The Morgan fingerprint density at radius 3 is 2.59 bits per heavy atom. The average molecular weight is 401 g/mol. The van der Waals surface area contributed by atoms with Crippen LogP contribution in [-0.4, -0.2) is 64.1 Å². The number of hydrazine groups is 1. The molecule has 1 fully saturated rings. The van der Waals surface area contributed by atoms with E-state index in [0.29, 0.717) is 18.7 Å².